The second kappa shape index (κ2) is 4.37. The molecule has 2 N–H and O–H groups in total. The highest BCUT2D eigenvalue weighted by atomic mass is 35.6. The van der Waals surface area contributed by atoms with Crippen molar-refractivity contribution >= 4 is 51.8 Å². The lowest BCUT2D eigenvalue weighted by molar-refractivity contribution is -0.136. The largest absolute Gasteiger partial charge is 0.481 e. The Hall–Kier alpha value is -0.970. The predicted octanol–water partition coefficient (Wildman–Crippen LogP) is 3.02. The van der Waals surface area contributed by atoms with Crippen LogP contribution in [0.3, 0.4) is 0 Å². The molecule has 0 aliphatic carbocycles. The lowest BCUT2D eigenvalue weighted by Crippen LogP contribution is -2.02. The van der Waals surface area contributed by atoms with Gasteiger partial charge in [0.05, 0.1) is 17.5 Å². The summed E-state index contributed by atoms with van der Waals surface area (Å²) in [5.74, 6) is -0.685. The molecular weight excluding hydrogens is 286 g/mol. The van der Waals surface area contributed by atoms with E-state index >= 15 is 0 Å². The number of fused-ring (bicyclic) bond motifs is 1. The molecule has 0 unspecified atom stereocenters. The van der Waals surface area contributed by atoms with E-state index in [0.717, 1.165) is 0 Å². The fraction of sp³-hybridized carbons (Fsp3) is 0.200. The third kappa shape index (κ3) is 2.83. The van der Waals surface area contributed by atoms with Gasteiger partial charge in [-0.3, -0.25) is 4.79 Å². The van der Waals surface area contributed by atoms with E-state index in [1.54, 1.807) is 18.2 Å². The van der Waals surface area contributed by atoms with E-state index in [1.165, 1.54) is 0 Å². The summed E-state index contributed by atoms with van der Waals surface area (Å²) in [6.07, 6.45) is -0.0575. The summed E-state index contributed by atoms with van der Waals surface area (Å²) in [7, 11) is 0. The first-order valence-electron chi connectivity index (χ1n) is 4.64. The number of rotatable bonds is 2. The zero-order chi connectivity index (χ0) is 12.6. The van der Waals surface area contributed by atoms with Gasteiger partial charge in [0.25, 0.3) is 0 Å². The van der Waals surface area contributed by atoms with Crippen LogP contribution in [0.25, 0.3) is 11.0 Å². The van der Waals surface area contributed by atoms with Crippen LogP contribution in [-0.4, -0.2) is 21.0 Å². The van der Waals surface area contributed by atoms with Crippen molar-refractivity contribution in [2.75, 3.05) is 0 Å². The van der Waals surface area contributed by atoms with E-state index in [4.69, 9.17) is 39.9 Å². The van der Waals surface area contributed by atoms with Crippen molar-refractivity contribution in [1.82, 2.24) is 9.97 Å². The van der Waals surface area contributed by atoms with Crippen molar-refractivity contribution in [2.24, 2.45) is 0 Å². The summed E-state index contributed by atoms with van der Waals surface area (Å²) < 4.78 is -1.62. The highest BCUT2D eigenvalue weighted by Gasteiger charge is 2.26. The Balaban J connectivity index is 2.44. The minimum Gasteiger partial charge on any atom is -0.481 e. The van der Waals surface area contributed by atoms with Crippen LogP contribution in [0.5, 0.6) is 0 Å². The third-order valence-corrected chi connectivity index (χ3v) is 2.71. The lowest BCUT2D eigenvalue weighted by Gasteiger charge is -2.04. The van der Waals surface area contributed by atoms with Gasteiger partial charge in [-0.15, -0.1) is 0 Å². The summed E-state index contributed by atoms with van der Waals surface area (Å²) in [6.45, 7) is 0. The fourth-order valence-electron chi connectivity index (χ4n) is 1.48. The maximum Gasteiger partial charge on any atom is 0.307 e. The minimum atomic E-state index is -1.62. The van der Waals surface area contributed by atoms with Crippen molar-refractivity contribution in [3.8, 4) is 0 Å². The molecule has 0 atom stereocenters. The van der Waals surface area contributed by atoms with Crippen molar-refractivity contribution in [2.45, 2.75) is 10.2 Å². The van der Waals surface area contributed by atoms with Crippen molar-refractivity contribution in [3.05, 3.63) is 29.6 Å². The topological polar surface area (TPSA) is 66.0 Å². The molecule has 0 aliphatic rings. The van der Waals surface area contributed by atoms with Crippen LogP contribution in [0.2, 0.25) is 0 Å². The maximum atomic E-state index is 10.6. The number of benzene rings is 1. The molecule has 2 aromatic rings. The standard InChI is InChI=1S/C10H7Cl3N2O2/c11-10(12,13)9-14-6-2-1-5(4-8(16)17)3-7(6)15-9/h1-3H,4H2,(H,14,15)(H,16,17). The van der Waals surface area contributed by atoms with E-state index < -0.39 is 9.76 Å². The molecule has 0 bridgehead atoms. The smallest absolute Gasteiger partial charge is 0.307 e. The molecule has 0 saturated carbocycles. The Morgan fingerprint density at radius 3 is 2.71 bits per heavy atom. The average molecular weight is 294 g/mol. The zero-order valence-electron chi connectivity index (χ0n) is 8.38. The number of carbonyl (C=O) groups is 1. The van der Waals surface area contributed by atoms with E-state index in [9.17, 15) is 4.79 Å². The highest BCUT2D eigenvalue weighted by Crippen LogP contribution is 2.37. The van der Waals surface area contributed by atoms with Gasteiger partial charge >= 0.3 is 5.97 Å². The van der Waals surface area contributed by atoms with E-state index in [2.05, 4.69) is 9.97 Å². The second-order valence-corrected chi connectivity index (χ2v) is 5.79. The van der Waals surface area contributed by atoms with Gasteiger partial charge in [0.2, 0.25) is 3.79 Å². The van der Waals surface area contributed by atoms with Crippen LogP contribution in [0.15, 0.2) is 18.2 Å². The number of hydrogen-bond acceptors (Lipinski definition) is 2. The Bertz CT molecular complexity index is 574. The molecule has 0 spiro atoms. The van der Waals surface area contributed by atoms with E-state index in [1.807, 2.05) is 0 Å². The van der Waals surface area contributed by atoms with Crippen molar-refractivity contribution < 1.29 is 9.90 Å². The van der Waals surface area contributed by atoms with Crippen LogP contribution >= 0.6 is 34.8 Å². The Labute approximate surface area is 112 Å². The number of nitrogens with one attached hydrogen (secondary N) is 1. The fourth-order valence-corrected chi connectivity index (χ4v) is 1.74. The number of imidazole rings is 1. The first-order valence-corrected chi connectivity index (χ1v) is 5.77. The molecule has 1 aromatic carbocycles. The molecule has 0 saturated heterocycles. The molecule has 4 nitrogen and oxygen atoms in total. The molecule has 0 aliphatic heterocycles. The molecular formula is C10H7Cl3N2O2. The Morgan fingerprint density at radius 1 is 1.41 bits per heavy atom. The van der Waals surface area contributed by atoms with Gasteiger partial charge in [0, 0.05) is 0 Å². The summed E-state index contributed by atoms with van der Waals surface area (Å²) in [4.78, 5) is 17.5. The Kier molecular flexibility index (Phi) is 3.21. The number of carboxylic acids is 1. The molecule has 0 amide bonds. The summed E-state index contributed by atoms with van der Waals surface area (Å²) in [5, 5.41) is 8.68. The van der Waals surface area contributed by atoms with Gasteiger partial charge in [0.1, 0.15) is 0 Å². The highest BCUT2D eigenvalue weighted by molar-refractivity contribution is 6.66. The molecule has 2 rings (SSSR count). The molecule has 0 radical (unpaired) electrons. The van der Waals surface area contributed by atoms with Crippen LogP contribution in [0, 0.1) is 0 Å². The monoisotopic (exact) mass is 292 g/mol. The number of H-pyrrole nitrogens is 1. The second-order valence-electron chi connectivity index (χ2n) is 3.51. The quantitative estimate of drug-likeness (QED) is 0.836. The number of aromatic amines is 1. The third-order valence-electron chi connectivity index (χ3n) is 2.17. The average Bonchev–Trinajstić information content (AvgIpc) is 2.58. The number of alkyl halides is 3. The van der Waals surface area contributed by atoms with Crippen molar-refractivity contribution in [3.63, 3.8) is 0 Å². The molecule has 90 valence electrons. The molecule has 0 fully saturated rings. The van der Waals surface area contributed by atoms with Gasteiger partial charge < -0.3 is 10.1 Å². The normalized spacial score (nSPS) is 11.9. The molecule has 17 heavy (non-hydrogen) atoms. The van der Waals surface area contributed by atoms with Crippen LogP contribution in [0.4, 0.5) is 0 Å². The van der Waals surface area contributed by atoms with Gasteiger partial charge in [-0.2, -0.15) is 0 Å². The number of aliphatic carboxylic acids is 1. The molecule has 1 aromatic heterocycles. The number of carboxylic acid groups (broad SMARTS) is 1. The number of halogens is 3. The van der Waals surface area contributed by atoms with Gasteiger partial charge in [-0.05, 0) is 17.7 Å². The predicted molar refractivity (Wildman–Crippen MR) is 66.7 cm³/mol. The zero-order valence-corrected chi connectivity index (χ0v) is 10.6. The number of hydrogen-bond donors (Lipinski definition) is 2. The Morgan fingerprint density at radius 2 is 2.12 bits per heavy atom. The lowest BCUT2D eigenvalue weighted by atomic mass is 10.1. The van der Waals surface area contributed by atoms with Gasteiger partial charge in [-0.25, -0.2) is 4.98 Å². The summed E-state index contributed by atoms with van der Waals surface area (Å²) >= 11 is 17.1. The maximum absolute atomic E-state index is 10.6. The van der Waals surface area contributed by atoms with Crippen LogP contribution < -0.4 is 0 Å². The summed E-state index contributed by atoms with van der Waals surface area (Å²) in [5.41, 5.74) is 1.93. The number of nitrogens with zero attached hydrogens (tertiary/aromatic N) is 1. The summed E-state index contributed by atoms with van der Waals surface area (Å²) in [6, 6.07) is 5.04. The van der Waals surface area contributed by atoms with Crippen LogP contribution in [0.1, 0.15) is 11.4 Å². The first-order chi connectivity index (χ1) is 7.86. The minimum absolute atomic E-state index is 0.0575. The number of aromatic nitrogens is 2. The van der Waals surface area contributed by atoms with Crippen molar-refractivity contribution in [1.29, 1.82) is 0 Å². The van der Waals surface area contributed by atoms with Crippen LogP contribution in [-0.2, 0) is 15.0 Å². The van der Waals surface area contributed by atoms with E-state index in [0.29, 0.717) is 16.6 Å². The van der Waals surface area contributed by atoms with Gasteiger partial charge in [0.15, 0.2) is 5.82 Å². The first kappa shape index (κ1) is 12.5. The SMILES string of the molecule is O=C(O)Cc1ccc2nc(C(Cl)(Cl)Cl)[nH]c2c1. The van der Waals surface area contributed by atoms with E-state index in [-0.39, 0.29) is 12.2 Å². The molecule has 7 heteroatoms. The molecule has 1 heterocycles. The van der Waals surface area contributed by atoms with Gasteiger partial charge in [-0.1, -0.05) is 40.9 Å².